The van der Waals surface area contributed by atoms with Crippen molar-refractivity contribution in [1.29, 1.82) is 0 Å². The van der Waals surface area contributed by atoms with E-state index >= 15 is 0 Å². The molecule has 4 nitrogen and oxygen atoms in total. The Balaban J connectivity index is 2.17. The zero-order valence-electron chi connectivity index (χ0n) is 10.1. The van der Waals surface area contributed by atoms with Gasteiger partial charge in [0.05, 0.1) is 16.6 Å². The van der Waals surface area contributed by atoms with Gasteiger partial charge in [-0.05, 0) is 37.3 Å². The van der Waals surface area contributed by atoms with Crippen LogP contribution in [0.1, 0.15) is 21.9 Å². The standard InChI is InChI=1S/C13H11FO4S/c1-8-12(13(15)16)6-10(18-8)7-19(17)11-4-2-9(14)3-5-11/h2-6H,7H2,1H3,(H,15,16). The van der Waals surface area contributed by atoms with E-state index in [1.807, 2.05) is 0 Å². The largest absolute Gasteiger partial charge is 0.478 e. The number of aryl methyl sites for hydroxylation is 1. The molecule has 0 fully saturated rings. The number of benzene rings is 1. The smallest absolute Gasteiger partial charge is 0.339 e. The fraction of sp³-hybridized carbons (Fsp3) is 0.154. The Morgan fingerprint density at radius 2 is 2.00 bits per heavy atom. The lowest BCUT2D eigenvalue weighted by Gasteiger charge is -1.99. The third kappa shape index (κ3) is 3.08. The first-order valence-electron chi connectivity index (χ1n) is 5.44. The van der Waals surface area contributed by atoms with Gasteiger partial charge in [-0.3, -0.25) is 4.21 Å². The second-order valence-corrected chi connectivity index (χ2v) is 5.38. The van der Waals surface area contributed by atoms with Crippen LogP contribution in [0.5, 0.6) is 0 Å². The first kappa shape index (κ1) is 13.5. The highest BCUT2D eigenvalue weighted by molar-refractivity contribution is 7.84. The minimum absolute atomic E-state index is 0.0553. The van der Waals surface area contributed by atoms with Crippen molar-refractivity contribution >= 4 is 16.8 Å². The molecule has 1 atom stereocenters. The van der Waals surface area contributed by atoms with Crippen LogP contribution in [0.25, 0.3) is 0 Å². The Labute approximate surface area is 111 Å². The predicted molar refractivity (Wildman–Crippen MR) is 66.9 cm³/mol. The van der Waals surface area contributed by atoms with E-state index in [2.05, 4.69) is 0 Å². The maximum atomic E-state index is 12.7. The van der Waals surface area contributed by atoms with Crippen molar-refractivity contribution in [1.82, 2.24) is 0 Å². The third-order valence-corrected chi connectivity index (χ3v) is 3.89. The molecule has 1 aromatic heterocycles. The summed E-state index contributed by atoms with van der Waals surface area (Å²) >= 11 is 0. The van der Waals surface area contributed by atoms with Crippen LogP contribution in [0.2, 0.25) is 0 Å². The van der Waals surface area contributed by atoms with Crippen LogP contribution in [0, 0.1) is 12.7 Å². The monoisotopic (exact) mass is 282 g/mol. The molecular weight excluding hydrogens is 271 g/mol. The molecule has 0 bridgehead atoms. The minimum atomic E-state index is -1.40. The van der Waals surface area contributed by atoms with Crippen LogP contribution in [-0.2, 0) is 16.6 Å². The van der Waals surface area contributed by atoms with E-state index in [0.717, 1.165) is 0 Å². The lowest BCUT2D eigenvalue weighted by atomic mass is 10.2. The third-order valence-electron chi connectivity index (χ3n) is 2.55. The van der Waals surface area contributed by atoms with Crippen molar-refractivity contribution in [3.63, 3.8) is 0 Å². The first-order chi connectivity index (χ1) is 8.97. The van der Waals surface area contributed by atoms with Crippen molar-refractivity contribution in [3.8, 4) is 0 Å². The average Bonchev–Trinajstić information content (AvgIpc) is 2.71. The molecule has 0 aliphatic carbocycles. The van der Waals surface area contributed by atoms with Gasteiger partial charge in [0, 0.05) is 4.90 Å². The molecule has 2 rings (SSSR count). The molecule has 0 saturated carbocycles. The summed E-state index contributed by atoms with van der Waals surface area (Å²) in [5.41, 5.74) is 0.0612. The van der Waals surface area contributed by atoms with E-state index in [-0.39, 0.29) is 17.1 Å². The Hall–Kier alpha value is -1.95. The fourth-order valence-corrected chi connectivity index (χ4v) is 2.63. The normalized spacial score (nSPS) is 12.3. The number of rotatable bonds is 4. The average molecular weight is 282 g/mol. The van der Waals surface area contributed by atoms with Crippen LogP contribution < -0.4 is 0 Å². The number of carboxylic acids is 1. The van der Waals surface area contributed by atoms with Crippen LogP contribution in [0.15, 0.2) is 39.6 Å². The zero-order valence-corrected chi connectivity index (χ0v) is 10.9. The van der Waals surface area contributed by atoms with E-state index in [4.69, 9.17) is 9.52 Å². The quantitative estimate of drug-likeness (QED) is 0.936. The maximum Gasteiger partial charge on any atom is 0.339 e. The molecule has 0 radical (unpaired) electrons. The molecule has 2 aromatic rings. The van der Waals surface area contributed by atoms with Gasteiger partial charge in [-0.2, -0.15) is 0 Å². The van der Waals surface area contributed by atoms with Gasteiger partial charge in [0.1, 0.15) is 22.9 Å². The number of furan rings is 1. The first-order valence-corrected chi connectivity index (χ1v) is 6.76. The Kier molecular flexibility index (Phi) is 3.80. The number of aromatic carboxylic acids is 1. The number of hydrogen-bond donors (Lipinski definition) is 1. The van der Waals surface area contributed by atoms with E-state index in [1.54, 1.807) is 0 Å². The molecule has 1 aromatic carbocycles. The summed E-state index contributed by atoms with van der Waals surface area (Å²) in [5.74, 6) is -0.821. The van der Waals surface area contributed by atoms with Crippen LogP contribution in [0.3, 0.4) is 0 Å². The second kappa shape index (κ2) is 5.36. The van der Waals surface area contributed by atoms with Crippen molar-refractivity contribution in [2.75, 3.05) is 0 Å². The highest BCUT2D eigenvalue weighted by atomic mass is 32.2. The molecular formula is C13H11FO4S. The van der Waals surface area contributed by atoms with Crippen LogP contribution in [0.4, 0.5) is 4.39 Å². The molecule has 1 unspecified atom stereocenters. The molecule has 0 aliphatic heterocycles. The highest BCUT2D eigenvalue weighted by Crippen LogP contribution is 2.19. The van der Waals surface area contributed by atoms with Gasteiger partial charge in [-0.25, -0.2) is 9.18 Å². The lowest BCUT2D eigenvalue weighted by Crippen LogP contribution is -1.96. The lowest BCUT2D eigenvalue weighted by molar-refractivity contribution is 0.0695. The van der Waals surface area contributed by atoms with Crippen LogP contribution in [-0.4, -0.2) is 15.3 Å². The van der Waals surface area contributed by atoms with Gasteiger partial charge < -0.3 is 9.52 Å². The highest BCUT2D eigenvalue weighted by Gasteiger charge is 2.15. The fourth-order valence-electron chi connectivity index (χ4n) is 1.63. The molecule has 0 saturated heterocycles. The molecule has 6 heteroatoms. The molecule has 0 aliphatic rings. The van der Waals surface area contributed by atoms with Crippen molar-refractivity contribution < 1.29 is 22.9 Å². The van der Waals surface area contributed by atoms with Crippen LogP contribution >= 0.6 is 0 Å². The Bertz CT molecular complexity index is 631. The van der Waals surface area contributed by atoms with Gasteiger partial charge in [-0.15, -0.1) is 0 Å². The molecule has 0 spiro atoms. The number of carbonyl (C=O) groups is 1. The molecule has 0 amide bonds. The van der Waals surface area contributed by atoms with Gasteiger partial charge in [-0.1, -0.05) is 0 Å². The van der Waals surface area contributed by atoms with E-state index in [9.17, 15) is 13.4 Å². The molecule has 1 N–H and O–H groups in total. The summed E-state index contributed by atoms with van der Waals surface area (Å²) in [5, 5.41) is 8.88. The zero-order chi connectivity index (χ0) is 14.0. The summed E-state index contributed by atoms with van der Waals surface area (Å²) < 4.78 is 30.0. The van der Waals surface area contributed by atoms with Crippen molar-refractivity contribution in [3.05, 3.63) is 53.2 Å². The number of carboxylic acid groups (broad SMARTS) is 1. The van der Waals surface area contributed by atoms with E-state index in [1.165, 1.54) is 37.3 Å². The minimum Gasteiger partial charge on any atom is -0.478 e. The summed E-state index contributed by atoms with van der Waals surface area (Å²) in [6.07, 6.45) is 0. The SMILES string of the molecule is Cc1oc(CS(=O)c2ccc(F)cc2)cc1C(=O)O. The predicted octanol–water partition coefficient (Wildman–Crippen LogP) is 2.73. The molecule has 100 valence electrons. The number of hydrogen-bond acceptors (Lipinski definition) is 3. The second-order valence-electron chi connectivity index (χ2n) is 3.93. The van der Waals surface area contributed by atoms with Gasteiger partial charge in [0.25, 0.3) is 0 Å². The Morgan fingerprint density at radius 3 is 2.53 bits per heavy atom. The maximum absolute atomic E-state index is 12.7. The Morgan fingerprint density at radius 1 is 1.37 bits per heavy atom. The van der Waals surface area contributed by atoms with Gasteiger partial charge in [0.15, 0.2) is 0 Å². The van der Waals surface area contributed by atoms with E-state index in [0.29, 0.717) is 10.7 Å². The topological polar surface area (TPSA) is 67.5 Å². The molecule has 19 heavy (non-hydrogen) atoms. The molecule has 1 heterocycles. The van der Waals surface area contributed by atoms with Gasteiger partial charge in [0.2, 0.25) is 0 Å². The number of halogens is 1. The van der Waals surface area contributed by atoms with Crippen molar-refractivity contribution in [2.45, 2.75) is 17.6 Å². The summed E-state index contributed by atoms with van der Waals surface area (Å²) in [7, 11) is -1.40. The summed E-state index contributed by atoms with van der Waals surface area (Å²) in [4.78, 5) is 11.3. The van der Waals surface area contributed by atoms with E-state index < -0.39 is 22.6 Å². The summed E-state index contributed by atoms with van der Waals surface area (Å²) in [6.45, 7) is 1.54. The summed E-state index contributed by atoms with van der Waals surface area (Å²) in [6, 6.07) is 6.67. The van der Waals surface area contributed by atoms with Crippen molar-refractivity contribution in [2.24, 2.45) is 0 Å². The van der Waals surface area contributed by atoms with Gasteiger partial charge >= 0.3 is 5.97 Å².